The number of halogens is 1. The molecule has 7 heteroatoms. The van der Waals surface area contributed by atoms with E-state index in [1.165, 1.54) is 6.92 Å². The highest BCUT2D eigenvalue weighted by Gasteiger charge is 2.32. The summed E-state index contributed by atoms with van der Waals surface area (Å²) in [7, 11) is 1.70. The number of anilines is 1. The molecule has 0 unspecified atom stereocenters. The van der Waals surface area contributed by atoms with Crippen LogP contribution in [0.15, 0.2) is 24.3 Å². The normalized spacial score (nSPS) is 15.9. The fraction of sp³-hybridized carbons (Fsp3) is 0.529. The summed E-state index contributed by atoms with van der Waals surface area (Å²) >= 11 is 0. The molecule has 2 amide bonds. The molecule has 0 spiro atoms. The van der Waals surface area contributed by atoms with E-state index >= 15 is 0 Å². The molecule has 1 aliphatic heterocycles. The first-order valence-electron chi connectivity index (χ1n) is 7.90. The minimum Gasteiger partial charge on any atom is -0.384 e. The summed E-state index contributed by atoms with van der Waals surface area (Å²) in [5.74, 6) is -0.233. The Labute approximate surface area is 149 Å². The van der Waals surface area contributed by atoms with Gasteiger partial charge in [0.2, 0.25) is 5.91 Å². The molecule has 0 bridgehead atoms. The van der Waals surface area contributed by atoms with Crippen molar-refractivity contribution in [2.45, 2.75) is 19.8 Å². The van der Waals surface area contributed by atoms with Crippen molar-refractivity contribution in [3.63, 3.8) is 0 Å². The molecular weight excluding hydrogens is 330 g/mol. The number of hydrogen-bond donors (Lipinski definition) is 3. The molecule has 0 atom stereocenters. The minimum absolute atomic E-state index is 0. The van der Waals surface area contributed by atoms with E-state index in [4.69, 9.17) is 4.74 Å². The largest absolute Gasteiger partial charge is 0.384 e. The monoisotopic (exact) mass is 355 g/mol. The zero-order valence-electron chi connectivity index (χ0n) is 14.2. The van der Waals surface area contributed by atoms with Crippen molar-refractivity contribution in [2.24, 2.45) is 5.41 Å². The molecule has 1 aliphatic rings. The number of hydrogen-bond acceptors (Lipinski definition) is 4. The Kier molecular flexibility index (Phi) is 8.18. The molecule has 24 heavy (non-hydrogen) atoms. The van der Waals surface area contributed by atoms with Crippen molar-refractivity contribution in [1.29, 1.82) is 0 Å². The van der Waals surface area contributed by atoms with Crippen LogP contribution in [-0.4, -0.2) is 45.2 Å². The molecule has 1 aromatic rings. The number of methoxy groups -OCH3 is 1. The Bertz CT molecular complexity index is 537. The maximum atomic E-state index is 12.3. The number of nitrogens with one attached hydrogen (secondary N) is 3. The fourth-order valence-corrected chi connectivity index (χ4v) is 2.91. The third-order valence-corrected chi connectivity index (χ3v) is 4.21. The van der Waals surface area contributed by atoms with Gasteiger partial charge in [0.15, 0.2) is 0 Å². The van der Waals surface area contributed by atoms with Crippen LogP contribution in [0.25, 0.3) is 0 Å². The van der Waals surface area contributed by atoms with Crippen LogP contribution in [-0.2, 0) is 9.53 Å². The van der Waals surface area contributed by atoms with E-state index in [0.29, 0.717) is 24.4 Å². The van der Waals surface area contributed by atoms with Gasteiger partial charge in [0.05, 0.1) is 6.61 Å². The molecule has 1 saturated heterocycles. The average molecular weight is 356 g/mol. The second-order valence-corrected chi connectivity index (χ2v) is 6.12. The summed E-state index contributed by atoms with van der Waals surface area (Å²) < 4.78 is 5.36. The average Bonchev–Trinajstić information content (AvgIpc) is 2.54. The number of piperidine rings is 1. The van der Waals surface area contributed by atoms with Crippen LogP contribution in [0.1, 0.15) is 30.1 Å². The number of carbonyl (C=O) groups is 2. The molecule has 3 N–H and O–H groups in total. The second kappa shape index (κ2) is 9.61. The van der Waals surface area contributed by atoms with Crippen molar-refractivity contribution >= 4 is 29.9 Å². The molecule has 134 valence electrons. The minimum atomic E-state index is -0.130. The molecule has 1 fully saturated rings. The molecule has 0 saturated carbocycles. The zero-order chi connectivity index (χ0) is 16.7. The summed E-state index contributed by atoms with van der Waals surface area (Å²) in [4.78, 5) is 23.3. The highest BCUT2D eigenvalue weighted by Crippen LogP contribution is 2.28. The summed E-state index contributed by atoms with van der Waals surface area (Å²) in [6, 6.07) is 6.88. The zero-order valence-corrected chi connectivity index (χ0v) is 15.0. The van der Waals surface area contributed by atoms with Crippen LogP contribution in [0.4, 0.5) is 5.69 Å². The van der Waals surface area contributed by atoms with Gasteiger partial charge >= 0.3 is 0 Å². The topological polar surface area (TPSA) is 79.5 Å². The highest BCUT2D eigenvalue weighted by molar-refractivity contribution is 5.95. The van der Waals surface area contributed by atoms with E-state index in [1.54, 1.807) is 31.4 Å². The smallest absolute Gasteiger partial charge is 0.251 e. The van der Waals surface area contributed by atoms with E-state index in [9.17, 15) is 9.59 Å². The van der Waals surface area contributed by atoms with Crippen molar-refractivity contribution in [1.82, 2.24) is 10.6 Å². The number of carbonyl (C=O) groups excluding carboxylic acids is 2. The maximum Gasteiger partial charge on any atom is 0.251 e. The van der Waals surface area contributed by atoms with Crippen molar-refractivity contribution in [3.8, 4) is 0 Å². The van der Waals surface area contributed by atoms with E-state index < -0.39 is 0 Å². The standard InChI is InChI=1S/C17H25N3O3.ClH/c1-13(21)20-15-5-3-14(4-6-15)16(22)19-11-17(12-23-2)7-9-18-10-8-17;/h3-6,18H,7-12H2,1-2H3,(H,19,22)(H,20,21);1H. The molecule has 6 nitrogen and oxygen atoms in total. The highest BCUT2D eigenvalue weighted by atomic mass is 35.5. The van der Waals surface area contributed by atoms with Gasteiger partial charge in [0, 0.05) is 37.2 Å². The SMILES string of the molecule is COCC1(CNC(=O)c2ccc(NC(C)=O)cc2)CCNCC1.Cl. The van der Waals surface area contributed by atoms with E-state index in [0.717, 1.165) is 25.9 Å². The van der Waals surface area contributed by atoms with Gasteiger partial charge in [0.25, 0.3) is 5.91 Å². The lowest BCUT2D eigenvalue weighted by atomic mass is 9.79. The number of ether oxygens (including phenoxy) is 1. The van der Waals surface area contributed by atoms with Crippen molar-refractivity contribution in [3.05, 3.63) is 29.8 Å². The van der Waals surface area contributed by atoms with Crippen molar-refractivity contribution < 1.29 is 14.3 Å². The van der Waals surface area contributed by atoms with Gasteiger partial charge in [-0.3, -0.25) is 9.59 Å². The van der Waals surface area contributed by atoms with Gasteiger partial charge in [0.1, 0.15) is 0 Å². The van der Waals surface area contributed by atoms with Crippen LogP contribution < -0.4 is 16.0 Å². The summed E-state index contributed by atoms with van der Waals surface area (Å²) in [6.07, 6.45) is 1.98. The first-order chi connectivity index (χ1) is 11.0. The molecule has 1 aromatic carbocycles. The van der Waals surface area contributed by atoms with Gasteiger partial charge in [-0.15, -0.1) is 12.4 Å². The Morgan fingerprint density at radius 2 is 1.83 bits per heavy atom. The van der Waals surface area contributed by atoms with Crippen LogP contribution in [0.3, 0.4) is 0 Å². The van der Waals surface area contributed by atoms with Crippen LogP contribution in [0.2, 0.25) is 0 Å². The fourth-order valence-electron chi connectivity index (χ4n) is 2.91. The third kappa shape index (κ3) is 5.78. The Hall–Kier alpha value is -1.63. The molecule has 2 rings (SSSR count). The third-order valence-electron chi connectivity index (χ3n) is 4.21. The van der Waals surface area contributed by atoms with Crippen LogP contribution in [0, 0.1) is 5.41 Å². The van der Waals surface area contributed by atoms with Crippen LogP contribution in [0.5, 0.6) is 0 Å². The van der Waals surface area contributed by atoms with Gasteiger partial charge in [-0.1, -0.05) is 0 Å². The summed E-state index contributed by atoms with van der Waals surface area (Å²) in [5, 5.41) is 9.04. The van der Waals surface area contributed by atoms with E-state index in [1.807, 2.05) is 0 Å². The van der Waals surface area contributed by atoms with Gasteiger partial charge in [-0.25, -0.2) is 0 Å². The molecule has 0 aromatic heterocycles. The van der Waals surface area contributed by atoms with Crippen molar-refractivity contribution in [2.75, 3.05) is 38.7 Å². The predicted molar refractivity (Wildman–Crippen MR) is 96.7 cm³/mol. The van der Waals surface area contributed by atoms with Gasteiger partial charge in [-0.05, 0) is 50.2 Å². The Morgan fingerprint density at radius 3 is 2.38 bits per heavy atom. The first kappa shape index (κ1) is 20.4. The van der Waals surface area contributed by atoms with E-state index in [2.05, 4.69) is 16.0 Å². The lowest BCUT2D eigenvalue weighted by Gasteiger charge is -2.37. The van der Waals surface area contributed by atoms with Gasteiger partial charge in [-0.2, -0.15) is 0 Å². The lowest BCUT2D eigenvalue weighted by Crippen LogP contribution is -2.47. The Morgan fingerprint density at radius 1 is 1.21 bits per heavy atom. The lowest BCUT2D eigenvalue weighted by molar-refractivity contribution is -0.114. The summed E-state index contributed by atoms with van der Waals surface area (Å²) in [6.45, 7) is 4.61. The van der Waals surface area contributed by atoms with Crippen LogP contribution >= 0.6 is 12.4 Å². The summed E-state index contributed by atoms with van der Waals surface area (Å²) in [5.41, 5.74) is 1.27. The number of amides is 2. The van der Waals surface area contributed by atoms with Gasteiger partial charge < -0.3 is 20.7 Å². The second-order valence-electron chi connectivity index (χ2n) is 6.12. The molecule has 1 heterocycles. The number of benzene rings is 1. The quantitative estimate of drug-likeness (QED) is 0.727. The predicted octanol–water partition coefficient (Wildman–Crippen LogP) is 1.81. The molecule has 0 radical (unpaired) electrons. The van der Waals surface area contributed by atoms with E-state index in [-0.39, 0.29) is 29.6 Å². The maximum absolute atomic E-state index is 12.3. The molecular formula is C17H26ClN3O3. The first-order valence-corrected chi connectivity index (χ1v) is 7.90. The number of rotatable bonds is 6. The molecule has 0 aliphatic carbocycles. The Balaban J connectivity index is 0.00000288.